The first kappa shape index (κ1) is 15.3. The van der Waals surface area contributed by atoms with Gasteiger partial charge in [0.25, 0.3) is 0 Å². The van der Waals surface area contributed by atoms with Crippen LogP contribution in [0.25, 0.3) is 0 Å². The molecule has 1 N–H and O–H groups in total. The minimum atomic E-state index is -0.569. The van der Waals surface area contributed by atoms with Gasteiger partial charge in [0.1, 0.15) is 11.9 Å². The van der Waals surface area contributed by atoms with E-state index in [0.29, 0.717) is 18.8 Å². The number of rotatable bonds is 2. The van der Waals surface area contributed by atoms with Gasteiger partial charge in [-0.15, -0.1) is 0 Å². The van der Waals surface area contributed by atoms with Crippen LogP contribution in [0.3, 0.4) is 0 Å². The molecule has 6 heteroatoms. The topological polar surface area (TPSA) is 52.7 Å². The standard InChI is InChI=1S/C15H20FN3O2/c1-10(2)17-15(21)18-7-8-19(14(20)11(18)3)13-6-4-5-12(16)9-13/h4-6,9-11H,7-8H2,1-3H3,(H,17,21)/t11-/m1/s1. The van der Waals surface area contributed by atoms with Gasteiger partial charge in [-0.25, -0.2) is 9.18 Å². The number of nitrogens with one attached hydrogen (secondary N) is 1. The Bertz CT molecular complexity index is 547. The third-order valence-electron chi connectivity index (χ3n) is 3.45. The number of benzene rings is 1. The van der Waals surface area contributed by atoms with Gasteiger partial charge in [0, 0.05) is 24.8 Å². The van der Waals surface area contributed by atoms with E-state index in [1.807, 2.05) is 13.8 Å². The number of urea groups is 1. The molecule has 1 heterocycles. The van der Waals surface area contributed by atoms with Crippen molar-refractivity contribution in [2.75, 3.05) is 18.0 Å². The van der Waals surface area contributed by atoms with E-state index in [1.165, 1.54) is 21.9 Å². The largest absolute Gasteiger partial charge is 0.336 e. The lowest BCUT2D eigenvalue weighted by molar-refractivity contribution is -0.124. The van der Waals surface area contributed by atoms with E-state index in [4.69, 9.17) is 0 Å². The van der Waals surface area contributed by atoms with E-state index in [0.717, 1.165) is 0 Å². The molecule has 0 aliphatic carbocycles. The van der Waals surface area contributed by atoms with E-state index in [2.05, 4.69) is 5.32 Å². The van der Waals surface area contributed by atoms with Gasteiger partial charge >= 0.3 is 6.03 Å². The van der Waals surface area contributed by atoms with Gasteiger partial charge in [-0.05, 0) is 39.0 Å². The third kappa shape index (κ3) is 3.32. The van der Waals surface area contributed by atoms with Crippen LogP contribution in [-0.4, -0.2) is 42.0 Å². The Hall–Kier alpha value is -2.11. The van der Waals surface area contributed by atoms with Crippen molar-refractivity contribution in [2.24, 2.45) is 0 Å². The van der Waals surface area contributed by atoms with Crippen LogP contribution in [0, 0.1) is 5.82 Å². The second kappa shape index (κ2) is 6.11. The first-order chi connectivity index (χ1) is 9.90. The molecule has 5 nitrogen and oxygen atoms in total. The third-order valence-corrected chi connectivity index (χ3v) is 3.45. The van der Waals surface area contributed by atoms with Crippen molar-refractivity contribution in [3.05, 3.63) is 30.1 Å². The Morgan fingerprint density at radius 2 is 2.10 bits per heavy atom. The molecule has 0 spiro atoms. The van der Waals surface area contributed by atoms with Gasteiger partial charge in [0.15, 0.2) is 0 Å². The number of piperazine rings is 1. The molecular formula is C15H20FN3O2. The molecule has 1 aromatic rings. The van der Waals surface area contributed by atoms with Crippen molar-refractivity contribution < 1.29 is 14.0 Å². The number of anilines is 1. The molecule has 0 bridgehead atoms. The first-order valence-electron chi connectivity index (χ1n) is 7.04. The average molecular weight is 293 g/mol. The minimum Gasteiger partial charge on any atom is -0.336 e. The molecule has 1 atom stereocenters. The summed E-state index contributed by atoms with van der Waals surface area (Å²) in [4.78, 5) is 27.5. The lowest BCUT2D eigenvalue weighted by Gasteiger charge is -2.39. The maximum absolute atomic E-state index is 13.3. The van der Waals surface area contributed by atoms with Crippen molar-refractivity contribution in [3.8, 4) is 0 Å². The van der Waals surface area contributed by atoms with Crippen LogP contribution in [0.15, 0.2) is 24.3 Å². The number of halogens is 1. The molecule has 3 amide bonds. The summed E-state index contributed by atoms with van der Waals surface area (Å²) in [5.74, 6) is -0.585. The van der Waals surface area contributed by atoms with Gasteiger partial charge < -0.3 is 15.1 Å². The molecule has 1 aliphatic rings. The lowest BCUT2D eigenvalue weighted by atomic mass is 10.1. The summed E-state index contributed by atoms with van der Waals surface area (Å²) in [6.45, 7) is 6.20. The van der Waals surface area contributed by atoms with E-state index in [-0.39, 0.29) is 23.8 Å². The number of carbonyl (C=O) groups excluding carboxylic acids is 2. The van der Waals surface area contributed by atoms with Crippen LogP contribution in [0.5, 0.6) is 0 Å². The smallest absolute Gasteiger partial charge is 0.318 e. The molecular weight excluding hydrogens is 273 g/mol. The second-order valence-electron chi connectivity index (χ2n) is 5.44. The molecule has 1 aliphatic heterocycles. The van der Waals surface area contributed by atoms with Crippen LogP contribution in [-0.2, 0) is 4.79 Å². The molecule has 21 heavy (non-hydrogen) atoms. The van der Waals surface area contributed by atoms with E-state index >= 15 is 0 Å². The van der Waals surface area contributed by atoms with Crippen molar-refractivity contribution in [2.45, 2.75) is 32.9 Å². The average Bonchev–Trinajstić information content (AvgIpc) is 2.40. The summed E-state index contributed by atoms with van der Waals surface area (Å²) in [5.41, 5.74) is 0.524. The zero-order chi connectivity index (χ0) is 15.6. The molecule has 114 valence electrons. The highest BCUT2D eigenvalue weighted by atomic mass is 19.1. The first-order valence-corrected chi connectivity index (χ1v) is 7.04. The van der Waals surface area contributed by atoms with Gasteiger partial charge in [-0.3, -0.25) is 4.79 Å². The molecule has 0 saturated carbocycles. The number of carbonyl (C=O) groups is 2. The molecule has 1 aromatic carbocycles. The summed E-state index contributed by atoms with van der Waals surface area (Å²) >= 11 is 0. The number of hydrogen-bond acceptors (Lipinski definition) is 2. The summed E-state index contributed by atoms with van der Waals surface area (Å²) in [5, 5.41) is 2.78. The number of hydrogen-bond donors (Lipinski definition) is 1. The number of amides is 3. The maximum Gasteiger partial charge on any atom is 0.318 e. The zero-order valence-electron chi connectivity index (χ0n) is 12.5. The molecule has 0 aromatic heterocycles. The van der Waals surface area contributed by atoms with Crippen molar-refractivity contribution in [1.82, 2.24) is 10.2 Å². The predicted octanol–water partition coefficient (Wildman–Crippen LogP) is 1.98. The SMILES string of the molecule is CC(C)NC(=O)N1CCN(c2cccc(F)c2)C(=O)[C@H]1C. The molecule has 2 rings (SSSR count). The normalized spacial score (nSPS) is 19.1. The fourth-order valence-electron chi connectivity index (χ4n) is 2.38. The highest BCUT2D eigenvalue weighted by Gasteiger charge is 2.35. The van der Waals surface area contributed by atoms with E-state index in [9.17, 15) is 14.0 Å². The summed E-state index contributed by atoms with van der Waals surface area (Å²) in [6, 6.07) is 5.13. The van der Waals surface area contributed by atoms with Crippen LogP contribution < -0.4 is 10.2 Å². The molecule has 0 radical (unpaired) electrons. The fraction of sp³-hybridized carbons (Fsp3) is 0.467. The maximum atomic E-state index is 13.3. The molecule has 1 saturated heterocycles. The van der Waals surface area contributed by atoms with Crippen molar-refractivity contribution in [3.63, 3.8) is 0 Å². The number of nitrogens with zero attached hydrogens (tertiary/aromatic N) is 2. The minimum absolute atomic E-state index is 0.0149. The Morgan fingerprint density at radius 3 is 2.71 bits per heavy atom. The summed E-state index contributed by atoms with van der Waals surface area (Å²) in [6.07, 6.45) is 0. The zero-order valence-corrected chi connectivity index (χ0v) is 12.5. The van der Waals surface area contributed by atoms with Crippen LogP contribution >= 0.6 is 0 Å². The predicted molar refractivity (Wildman–Crippen MR) is 78.6 cm³/mol. The van der Waals surface area contributed by atoms with Gasteiger partial charge in [-0.1, -0.05) is 6.07 Å². The van der Waals surface area contributed by atoms with Crippen molar-refractivity contribution in [1.29, 1.82) is 0 Å². The molecule has 0 unspecified atom stereocenters. The second-order valence-corrected chi connectivity index (χ2v) is 5.44. The van der Waals surface area contributed by atoms with Gasteiger partial charge in [0.2, 0.25) is 5.91 Å². The van der Waals surface area contributed by atoms with E-state index < -0.39 is 6.04 Å². The van der Waals surface area contributed by atoms with Gasteiger partial charge in [0.05, 0.1) is 0 Å². The Kier molecular flexibility index (Phi) is 4.45. The lowest BCUT2D eigenvalue weighted by Crippen LogP contribution is -2.60. The van der Waals surface area contributed by atoms with Crippen LogP contribution in [0.1, 0.15) is 20.8 Å². The summed E-state index contributed by atoms with van der Waals surface area (Å²) in [7, 11) is 0. The Balaban J connectivity index is 2.13. The van der Waals surface area contributed by atoms with Crippen LogP contribution in [0.4, 0.5) is 14.9 Å². The quantitative estimate of drug-likeness (QED) is 0.906. The van der Waals surface area contributed by atoms with E-state index in [1.54, 1.807) is 19.1 Å². The fourth-order valence-corrected chi connectivity index (χ4v) is 2.38. The highest BCUT2D eigenvalue weighted by Crippen LogP contribution is 2.21. The summed E-state index contributed by atoms with van der Waals surface area (Å²) < 4.78 is 13.3. The highest BCUT2D eigenvalue weighted by molar-refractivity contribution is 6.00. The Labute approximate surface area is 123 Å². The van der Waals surface area contributed by atoms with Crippen molar-refractivity contribution >= 4 is 17.6 Å². The Morgan fingerprint density at radius 1 is 1.38 bits per heavy atom. The monoisotopic (exact) mass is 293 g/mol. The van der Waals surface area contributed by atoms with Crippen LogP contribution in [0.2, 0.25) is 0 Å². The van der Waals surface area contributed by atoms with Gasteiger partial charge in [-0.2, -0.15) is 0 Å². The molecule has 1 fully saturated rings.